The number of likely N-dealkylation sites (tertiary alicyclic amines) is 2. The van der Waals surface area contributed by atoms with Crippen molar-refractivity contribution in [2.75, 3.05) is 59.4 Å². The van der Waals surface area contributed by atoms with Gasteiger partial charge in [0.05, 0.1) is 26.7 Å². The van der Waals surface area contributed by atoms with Gasteiger partial charge < -0.3 is 4.48 Å². The van der Waals surface area contributed by atoms with E-state index in [-0.39, 0.29) is 29.5 Å². The fourth-order valence-corrected chi connectivity index (χ4v) is 4.46. The van der Waals surface area contributed by atoms with Crippen LogP contribution in [-0.2, 0) is 19.2 Å². The first kappa shape index (κ1) is 20.9. The molecule has 3 aliphatic heterocycles. The number of quaternary nitrogens is 1. The van der Waals surface area contributed by atoms with Crippen LogP contribution >= 0.6 is 0 Å². The highest BCUT2D eigenvalue weighted by Gasteiger charge is 2.36. The van der Waals surface area contributed by atoms with Crippen molar-refractivity contribution in [3.8, 4) is 0 Å². The molecule has 4 amide bonds. The summed E-state index contributed by atoms with van der Waals surface area (Å²) in [6.07, 6.45) is 2.77. The van der Waals surface area contributed by atoms with Crippen molar-refractivity contribution in [1.29, 1.82) is 0 Å². The zero-order valence-corrected chi connectivity index (χ0v) is 17.2. The van der Waals surface area contributed by atoms with Crippen LogP contribution in [0.25, 0.3) is 0 Å². The van der Waals surface area contributed by atoms with E-state index in [2.05, 4.69) is 11.9 Å². The number of carbonyl (C=O) groups excluding carboxylic acids is 4. The average Bonchev–Trinajstić information content (AvgIpc) is 3.10. The molecule has 0 radical (unpaired) electrons. The highest BCUT2D eigenvalue weighted by atomic mass is 16.2. The second-order valence-electron chi connectivity index (χ2n) is 8.77. The van der Waals surface area contributed by atoms with E-state index in [0.29, 0.717) is 32.4 Å². The average molecular weight is 394 g/mol. The number of carbonyl (C=O) groups is 4. The van der Waals surface area contributed by atoms with Crippen molar-refractivity contribution < 1.29 is 23.7 Å². The second kappa shape index (κ2) is 8.69. The second-order valence-corrected chi connectivity index (χ2v) is 8.77. The molecule has 28 heavy (non-hydrogen) atoms. The number of amides is 4. The van der Waals surface area contributed by atoms with Crippen molar-refractivity contribution in [1.82, 2.24) is 14.7 Å². The maximum Gasteiger partial charge on any atom is 0.232 e. The molecule has 1 atom stereocenters. The lowest BCUT2D eigenvalue weighted by Gasteiger charge is -2.42. The minimum atomic E-state index is -0.160. The molecule has 3 rings (SSSR count). The maximum absolute atomic E-state index is 12.0. The Morgan fingerprint density at radius 1 is 0.857 bits per heavy atom. The summed E-state index contributed by atoms with van der Waals surface area (Å²) in [5, 5.41) is 0. The number of piperazine rings is 1. The number of hydrogen-bond acceptors (Lipinski definition) is 5. The summed E-state index contributed by atoms with van der Waals surface area (Å²) in [5.41, 5.74) is 0. The molecule has 0 spiro atoms. The molecule has 156 valence electrons. The van der Waals surface area contributed by atoms with E-state index in [0.717, 1.165) is 56.6 Å². The Morgan fingerprint density at radius 3 is 2.04 bits per heavy atom. The molecule has 0 aromatic carbocycles. The predicted octanol–water partition coefficient (Wildman–Crippen LogP) is 0.0728. The van der Waals surface area contributed by atoms with Crippen LogP contribution in [0.3, 0.4) is 0 Å². The Hall–Kier alpha value is -1.80. The fraction of sp³-hybridized carbons (Fsp3) is 0.800. The fourth-order valence-electron chi connectivity index (χ4n) is 4.46. The molecule has 0 bridgehead atoms. The summed E-state index contributed by atoms with van der Waals surface area (Å²) in [5.74, 6) is -0.270. The summed E-state index contributed by atoms with van der Waals surface area (Å²) in [7, 11) is 2.25. The molecule has 0 aliphatic carbocycles. The monoisotopic (exact) mass is 393 g/mol. The summed E-state index contributed by atoms with van der Waals surface area (Å²) >= 11 is 0. The first-order valence-corrected chi connectivity index (χ1v) is 10.5. The SMILES string of the molecule is CC1CC(=O)N(CCC[N+]2(C)CCN(CCCN3C(=O)CCC3=O)CC2)C1=O. The zero-order valence-electron chi connectivity index (χ0n) is 17.2. The van der Waals surface area contributed by atoms with E-state index in [1.807, 2.05) is 6.92 Å². The summed E-state index contributed by atoms with van der Waals surface area (Å²) in [4.78, 5) is 52.4. The molecule has 3 fully saturated rings. The van der Waals surface area contributed by atoms with Crippen LogP contribution < -0.4 is 0 Å². The van der Waals surface area contributed by atoms with E-state index >= 15 is 0 Å². The Labute approximate surface area is 167 Å². The molecule has 0 aromatic heterocycles. The van der Waals surface area contributed by atoms with E-state index in [1.165, 1.54) is 9.80 Å². The Bertz CT molecular complexity index is 626. The van der Waals surface area contributed by atoms with Gasteiger partial charge in [-0.25, -0.2) is 0 Å². The lowest BCUT2D eigenvalue weighted by Crippen LogP contribution is -2.58. The van der Waals surface area contributed by atoms with E-state index < -0.39 is 0 Å². The Kier molecular flexibility index (Phi) is 6.50. The van der Waals surface area contributed by atoms with Crippen LogP contribution in [0.2, 0.25) is 0 Å². The summed E-state index contributed by atoms with van der Waals surface area (Å²) in [6, 6.07) is 0. The number of likely N-dealkylation sites (N-methyl/N-ethyl adjacent to an activating group) is 1. The molecule has 3 heterocycles. The smallest absolute Gasteiger partial charge is 0.232 e. The van der Waals surface area contributed by atoms with Gasteiger partial charge >= 0.3 is 0 Å². The van der Waals surface area contributed by atoms with Crippen LogP contribution in [0.5, 0.6) is 0 Å². The summed E-state index contributed by atoms with van der Waals surface area (Å²) < 4.78 is 0.964. The zero-order chi connectivity index (χ0) is 20.3. The summed E-state index contributed by atoms with van der Waals surface area (Å²) in [6.45, 7) is 8.85. The van der Waals surface area contributed by atoms with Crippen molar-refractivity contribution in [2.24, 2.45) is 5.92 Å². The van der Waals surface area contributed by atoms with Crippen molar-refractivity contribution in [2.45, 2.75) is 39.0 Å². The molecule has 8 heteroatoms. The lowest BCUT2D eigenvalue weighted by atomic mass is 10.1. The quantitative estimate of drug-likeness (QED) is 0.431. The van der Waals surface area contributed by atoms with E-state index in [9.17, 15) is 19.2 Å². The minimum absolute atomic E-state index is 0.0209. The molecule has 3 saturated heterocycles. The van der Waals surface area contributed by atoms with E-state index in [4.69, 9.17) is 0 Å². The molecule has 8 nitrogen and oxygen atoms in total. The van der Waals surface area contributed by atoms with Gasteiger partial charge in [-0.05, 0) is 6.42 Å². The highest BCUT2D eigenvalue weighted by Crippen LogP contribution is 2.20. The van der Waals surface area contributed by atoms with Crippen LogP contribution in [0.15, 0.2) is 0 Å². The van der Waals surface area contributed by atoms with Crippen LogP contribution in [0, 0.1) is 5.92 Å². The number of imide groups is 2. The third-order valence-corrected chi connectivity index (χ3v) is 6.47. The van der Waals surface area contributed by atoms with Crippen LogP contribution in [-0.4, -0.2) is 102 Å². The standard InChI is InChI=1S/C20H33N4O4/c1-16-15-19(27)23(20(16)28)9-4-12-24(2)13-10-21(11-14-24)7-3-8-22-17(25)5-6-18(22)26/h16H,3-15H2,1-2H3/q+1. The number of nitrogens with zero attached hydrogens (tertiary/aromatic N) is 4. The molecule has 3 aliphatic rings. The third kappa shape index (κ3) is 4.78. The van der Waals surface area contributed by atoms with Gasteiger partial charge in [0, 0.05) is 64.3 Å². The number of rotatable bonds is 8. The molecule has 0 aromatic rings. The van der Waals surface area contributed by atoms with Crippen molar-refractivity contribution >= 4 is 23.6 Å². The van der Waals surface area contributed by atoms with Gasteiger partial charge in [0.1, 0.15) is 0 Å². The van der Waals surface area contributed by atoms with Crippen LogP contribution in [0.1, 0.15) is 39.0 Å². The molecule has 0 N–H and O–H groups in total. The first-order chi connectivity index (χ1) is 13.3. The predicted molar refractivity (Wildman–Crippen MR) is 103 cm³/mol. The van der Waals surface area contributed by atoms with Gasteiger partial charge in [-0.1, -0.05) is 6.92 Å². The van der Waals surface area contributed by atoms with Gasteiger partial charge in [-0.2, -0.15) is 0 Å². The molecular weight excluding hydrogens is 360 g/mol. The number of hydrogen-bond donors (Lipinski definition) is 0. The van der Waals surface area contributed by atoms with Crippen LogP contribution in [0.4, 0.5) is 0 Å². The van der Waals surface area contributed by atoms with Gasteiger partial charge in [0.2, 0.25) is 23.6 Å². The third-order valence-electron chi connectivity index (χ3n) is 6.47. The minimum Gasteiger partial charge on any atom is -0.324 e. The lowest BCUT2D eigenvalue weighted by molar-refractivity contribution is -0.913. The van der Waals surface area contributed by atoms with Crippen molar-refractivity contribution in [3.05, 3.63) is 0 Å². The highest BCUT2D eigenvalue weighted by molar-refractivity contribution is 6.03. The topological polar surface area (TPSA) is 78.0 Å². The van der Waals surface area contributed by atoms with Gasteiger partial charge in [0.15, 0.2) is 0 Å². The molecule has 1 unspecified atom stereocenters. The van der Waals surface area contributed by atoms with Gasteiger partial charge in [-0.15, -0.1) is 0 Å². The molecule has 0 saturated carbocycles. The maximum atomic E-state index is 12.0. The van der Waals surface area contributed by atoms with Gasteiger partial charge in [-0.3, -0.25) is 33.9 Å². The van der Waals surface area contributed by atoms with E-state index in [1.54, 1.807) is 0 Å². The van der Waals surface area contributed by atoms with Gasteiger partial charge in [0.25, 0.3) is 0 Å². The first-order valence-electron chi connectivity index (χ1n) is 10.5. The molecular formula is C20H33N4O4+. The Morgan fingerprint density at radius 2 is 1.46 bits per heavy atom. The van der Waals surface area contributed by atoms with Crippen molar-refractivity contribution in [3.63, 3.8) is 0 Å². The normalized spacial score (nSPS) is 26.0. The Balaban J connectivity index is 1.33. The largest absolute Gasteiger partial charge is 0.324 e.